The molecule has 0 bridgehead atoms. The first-order valence-corrected chi connectivity index (χ1v) is 4.96. The van der Waals surface area contributed by atoms with E-state index in [9.17, 15) is 0 Å². The van der Waals surface area contributed by atoms with Crippen LogP contribution in [0.2, 0.25) is 5.15 Å². The summed E-state index contributed by atoms with van der Waals surface area (Å²) in [5.41, 5.74) is 0. The molecule has 0 spiro atoms. The van der Waals surface area contributed by atoms with E-state index in [0.29, 0.717) is 5.75 Å². The molecule has 0 saturated carbocycles. The van der Waals surface area contributed by atoms with E-state index in [0.717, 1.165) is 5.75 Å². The predicted molar refractivity (Wildman–Crippen MR) is 60.1 cm³/mol. The molecule has 0 unspecified atom stereocenters. The van der Waals surface area contributed by atoms with Crippen LogP contribution in [0, 0.1) is 0 Å². The van der Waals surface area contributed by atoms with Crippen LogP contribution in [0.5, 0.6) is 17.4 Å². The molecular formula is C11H9ClN2O2. The summed E-state index contributed by atoms with van der Waals surface area (Å²) in [6.45, 7) is 0. The maximum absolute atomic E-state index is 5.81. The van der Waals surface area contributed by atoms with Crippen molar-refractivity contribution in [2.75, 3.05) is 7.11 Å². The fourth-order valence-corrected chi connectivity index (χ4v) is 1.28. The Morgan fingerprint density at radius 3 is 2.25 bits per heavy atom. The maximum Gasteiger partial charge on any atom is 0.257 e. The SMILES string of the molecule is COc1ccc(Oc2nccnc2Cl)cc1. The molecule has 5 heteroatoms. The van der Waals surface area contributed by atoms with Gasteiger partial charge in [0.1, 0.15) is 11.5 Å². The first-order valence-electron chi connectivity index (χ1n) is 4.58. The number of benzene rings is 1. The van der Waals surface area contributed by atoms with Crippen molar-refractivity contribution >= 4 is 11.6 Å². The normalized spacial score (nSPS) is 9.88. The quantitative estimate of drug-likeness (QED) is 0.822. The second kappa shape index (κ2) is 4.81. The van der Waals surface area contributed by atoms with E-state index in [1.165, 1.54) is 12.4 Å². The molecule has 82 valence electrons. The van der Waals surface area contributed by atoms with Gasteiger partial charge in [0.25, 0.3) is 5.88 Å². The highest BCUT2D eigenvalue weighted by Crippen LogP contribution is 2.25. The maximum atomic E-state index is 5.81. The highest BCUT2D eigenvalue weighted by molar-refractivity contribution is 6.30. The van der Waals surface area contributed by atoms with E-state index in [2.05, 4.69) is 9.97 Å². The number of ether oxygens (including phenoxy) is 2. The van der Waals surface area contributed by atoms with E-state index in [4.69, 9.17) is 21.1 Å². The van der Waals surface area contributed by atoms with Crippen LogP contribution in [0.3, 0.4) is 0 Å². The number of nitrogens with zero attached hydrogens (tertiary/aromatic N) is 2. The minimum Gasteiger partial charge on any atom is -0.497 e. The molecule has 0 aliphatic rings. The minimum atomic E-state index is 0.235. The molecule has 1 aromatic carbocycles. The van der Waals surface area contributed by atoms with Gasteiger partial charge in [0, 0.05) is 12.4 Å². The van der Waals surface area contributed by atoms with Crippen molar-refractivity contribution < 1.29 is 9.47 Å². The van der Waals surface area contributed by atoms with Crippen LogP contribution in [0.4, 0.5) is 0 Å². The van der Waals surface area contributed by atoms with Crippen molar-refractivity contribution in [2.45, 2.75) is 0 Å². The van der Waals surface area contributed by atoms with E-state index in [-0.39, 0.29) is 11.0 Å². The molecule has 4 nitrogen and oxygen atoms in total. The summed E-state index contributed by atoms with van der Waals surface area (Å²) < 4.78 is 10.5. The van der Waals surface area contributed by atoms with Gasteiger partial charge < -0.3 is 9.47 Å². The number of hydrogen-bond donors (Lipinski definition) is 0. The third kappa shape index (κ3) is 2.41. The van der Waals surface area contributed by atoms with E-state index >= 15 is 0 Å². The summed E-state index contributed by atoms with van der Waals surface area (Å²) in [5.74, 6) is 1.68. The zero-order valence-corrected chi connectivity index (χ0v) is 9.31. The standard InChI is InChI=1S/C11H9ClN2O2/c1-15-8-2-4-9(5-3-8)16-11-10(12)13-6-7-14-11/h2-7H,1H3. The van der Waals surface area contributed by atoms with E-state index in [1.54, 1.807) is 31.4 Å². The molecular weight excluding hydrogens is 228 g/mol. The lowest BCUT2D eigenvalue weighted by Crippen LogP contribution is -1.90. The molecule has 2 aromatic rings. The molecule has 0 N–H and O–H groups in total. The van der Waals surface area contributed by atoms with Crippen molar-refractivity contribution in [1.82, 2.24) is 9.97 Å². The van der Waals surface area contributed by atoms with Crippen molar-refractivity contribution in [3.05, 3.63) is 41.8 Å². The van der Waals surface area contributed by atoms with Crippen LogP contribution in [0.1, 0.15) is 0 Å². The van der Waals surface area contributed by atoms with Crippen LogP contribution < -0.4 is 9.47 Å². The fourth-order valence-electron chi connectivity index (χ4n) is 1.13. The van der Waals surface area contributed by atoms with Gasteiger partial charge in [-0.2, -0.15) is 0 Å². The Kier molecular flexibility index (Phi) is 3.22. The largest absolute Gasteiger partial charge is 0.497 e. The van der Waals surface area contributed by atoms with Gasteiger partial charge in [-0.3, -0.25) is 0 Å². The van der Waals surface area contributed by atoms with Gasteiger partial charge in [0.05, 0.1) is 7.11 Å². The van der Waals surface area contributed by atoms with Crippen LogP contribution >= 0.6 is 11.6 Å². The summed E-state index contributed by atoms with van der Waals surface area (Å²) in [7, 11) is 1.61. The summed E-state index contributed by atoms with van der Waals surface area (Å²) >= 11 is 5.81. The Bertz CT molecular complexity index is 474. The average Bonchev–Trinajstić information content (AvgIpc) is 2.33. The molecule has 0 saturated heterocycles. The third-order valence-corrected chi connectivity index (χ3v) is 2.16. The van der Waals surface area contributed by atoms with Crippen LogP contribution in [-0.2, 0) is 0 Å². The van der Waals surface area contributed by atoms with E-state index < -0.39 is 0 Å². The third-order valence-electron chi connectivity index (χ3n) is 1.90. The van der Waals surface area contributed by atoms with E-state index in [1.807, 2.05) is 0 Å². The van der Waals surface area contributed by atoms with Gasteiger partial charge in [-0.15, -0.1) is 0 Å². The van der Waals surface area contributed by atoms with Crippen molar-refractivity contribution in [2.24, 2.45) is 0 Å². The Hall–Kier alpha value is -1.81. The number of hydrogen-bond acceptors (Lipinski definition) is 4. The van der Waals surface area contributed by atoms with Crippen LogP contribution in [0.15, 0.2) is 36.7 Å². The Morgan fingerprint density at radius 2 is 1.62 bits per heavy atom. The zero-order valence-electron chi connectivity index (χ0n) is 8.55. The number of methoxy groups -OCH3 is 1. The van der Waals surface area contributed by atoms with Gasteiger partial charge in [-0.05, 0) is 24.3 Å². The number of rotatable bonds is 3. The van der Waals surface area contributed by atoms with Gasteiger partial charge >= 0.3 is 0 Å². The monoisotopic (exact) mass is 236 g/mol. The average molecular weight is 237 g/mol. The lowest BCUT2D eigenvalue weighted by Gasteiger charge is -2.05. The molecule has 0 atom stereocenters. The number of halogens is 1. The fraction of sp³-hybridized carbons (Fsp3) is 0.0909. The molecule has 1 aromatic heterocycles. The van der Waals surface area contributed by atoms with Crippen LogP contribution in [0.25, 0.3) is 0 Å². The molecule has 0 fully saturated rings. The Balaban J connectivity index is 2.18. The Morgan fingerprint density at radius 1 is 1.00 bits per heavy atom. The molecule has 0 aliphatic carbocycles. The molecule has 0 aliphatic heterocycles. The highest BCUT2D eigenvalue weighted by Gasteiger charge is 2.04. The van der Waals surface area contributed by atoms with Gasteiger partial charge in [0.2, 0.25) is 0 Å². The predicted octanol–water partition coefficient (Wildman–Crippen LogP) is 2.93. The summed E-state index contributed by atoms with van der Waals surface area (Å²) in [4.78, 5) is 7.83. The molecule has 0 radical (unpaired) electrons. The van der Waals surface area contributed by atoms with Gasteiger partial charge in [-0.25, -0.2) is 9.97 Å². The highest BCUT2D eigenvalue weighted by atomic mass is 35.5. The van der Waals surface area contributed by atoms with Crippen molar-refractivity contribution in [3.8, 4) is 17.4 Å². The molecule has 2 rings (SSSR count). The first-order chi connectivity index (χ1) is 7.79. The van der Waals surface area contributed by atoms with Crippen molar-refractivity contribution in [1.29, 1.82) is 0 Å². The molecule has 1 heterocycles. The smallest absolute Gasteiger partial charge is 0.257 e. The molecule has 16 heavy (non-hydrogen) atoms. The second-order valence-electron chi connectivity index (χ2n) is 2.93. The lowest BCUT2D eigenvalue weighted by atomic mass is 10.3. The summed E-state index contributed by atoms with van der Waals surface area (Å²) in [6.07, 6.45) is 3.02. The zero-order chi connectivity index (χ0) is 11.4. The van der Waals surface area contributed by atoms with Crippen LogP contribution in [-0.4, -0.2) is 17.1 Å². The summed E-state index contributed by atoms with van der Waals surface area (Å²) in [6, 6.07) is 7.12. The number of aromatic nitrogens is 2. The lowest BCUT2D eigenvalue weighted by molar-refractivity contribution is 0.412. The van der Waals surface area contributed by atoms with Gasteiger partial charge in [-0.1, -0.05) is 11.6 Å². The Labute approximate surface area is 97.8 Å². The topological polar surface area (TPSA) is 44.2 Å². The first kappa shape index (κ1) is 10.7. The van der Waals surface area contributed by atoms with Gasteiger partial charge in [0.15, 0.2) is 5.15 Å². The minimum absolute atomic E-state index is 0.235. The second-order valence-corrected chi connectivity index (χ2v) is 3.29. The molecule has 0 amide bonds. The summed E-state index contributed by atoms with van der Waals surface area (Å²) in [5, 5.41) is 0.235. The van der Waals surface area contributed by atoms with Crippen molar-refractivity contribution in [3.63, 3.8) is 0 Å².